The van der Waals surface area contributed by atoms with Gasteiger partial charge >= 0.3 is 5.69 Å². The fourth-order valence-electron chi connectivity index (χ4n) is 2.91. The normalized spacial score (nSPS) is 10.9. The van der Waals surface area contributed by atoms with Crippen molar-refractivity contribution in [2.24, 2.45) is 7.05 Å². The predicted octanol–water partition coefficient (Wildman–Crippen LogP) is 0.344. The Morgan fingerprint density at radius 2 is 2.00 bits per heavy atom. The van der Waals surface area contributed by atoms with E-state index in [2.05, 4.69) is 15.4 Å². The van der Waals surface area contributed by atoms with Gasteiger partial charge in [0.15, 0.2) is 0 Å². The number of anilines is 3. The third-order valence-electron chi connectivity index (χ3n) is 4.49. The molecule has 10 nitrogen and oxygen atoms in total. The van der Waals surface area contributed by atoms with E-state index in [-0.39, 0.29) is 24.0 Å². The van der Waals surface area contributed by atoms with Gasteiger partial charge in [0.05, 0.1) is 23.6 Å². The number of rotatable bonds is 7. The highest BCUT2D eigenvalue weighted by Crippen LogP contribution is 2.19. The van der Waals surface area contributed by atoms with Gasteiger partial charge in [-0.25, -0.2) is 4.79 Å². The van der Waals surface area contributed by atoms with Gasteiger partial charge in [-0.15, -0.1) is 0 Å². The highest BCUT2D eigenvalue weighted by atomic mass is 16.2. The third kappa shape index (κ3) is 4.21. The van der Waals surface area contributed by atoms with Gasteiger partial charge in [-0.1, -0.05) is 13.3 Å². The first-order valence-corrected chi connectivity index (χ1v) is 8.81. The number of carbonyl (C=O) groups excluding carboxylic acids is 1. The molecule has 0 aromatic carbocycles. The van der Waals surface area contributed by atoms with Crippen molar-refractivity contribution in [2.75, 3.05) is 29.5 Å². The molecule has 0 aliphatic heterocycles. The number of nitrogens with one attached hydrogen (secondary N) is 2. The molecule has 0 saturated heterocycles. The zero-order valence-corrected chi connectivity index (χ0v) is 16.4. The van der Waals surface area contributed by atoms with Crippen molar-refractivity contribution in [3.8, 4) is 0 Å². The number of aromatic amines is 1. The van der Waals surface area contributed by atoms with Crippen LogP contribution in [0.1, 0.15) is 31.2 Å². The maximum atomic E-state index is 12.4. The van der Waals surface area contributed by atoms with Crippen LogP contribution >= 0.6 is 0 Å². The summed E-state index contributed by atoms with van der Waals surface area (Å²) < 4.78 is 3.00. The summed E-state index contributed by atoms with van der Waals surface area (Å²) in [7, 11) is 3.38. The molecule has 0 saturated carbocycles. The summed E-state index contributed by atoms with van der Waals surface area (Å²) in [6.45, 7) is 5.95. The van der Waals surface area contributed by atoms with Crippen molar-refractivity contribution >= 4 is 23.1 Å². The van der Waals surface area contributed by atoms with Gasteiger partial charge in [0.1, 0.15) is 11.5 Å². The van der Waals surface area contributed by atoms with Crippen LogP contribution in [0, 0.1) is 13.8 Å². The molecule has 0 bridgehead atoms. The summed E-state index contributed by atoms with van der Waals surface area (Å²) in [5, 5.41) is 7.07. The summed E-state index contributed by atoms with van der Waals surface area (Å²) in [5.41, 5.74) is 7.17. The molecule has 0 radical (unpaired) electrons. The van der Waals surface area contributed by atoms with E-state index in [0.717, 1.165) is 18.5 Å². The Bertz CT molecular complexity index is 955. The number of carbonyl (C=O) groups is 1. The number of unbranched alkanes of at least 4 members (excludes halogenated alkanes) is 1. The maximum absolute atomic E-state index is 12.4. The van der Waals surface area contributed by atoms with Crippen molar-refractivity contribution < 1.29 is 4.79 Å². The van der Waals surface area contributed by atoms with Crippen LogP contribution in [0.5, 0.6) is 0 Å². The summed E-state index contributed by atoms with van der Waals surface area (Å²) in [5.74, 6) is -0.261. The van der Waals surface area contributed by atoms with Crippen molar-refractivity contribution in [2.45, 2.75) is 40.2 Å². The van der Waals surface area contributed by atoms with Crippen LogP contribution in [0.2, 0.25) is 0 Å². The second-order valence-corrected chi connectivity index (χ2v) is 6.57. The molecular weight excluding hydrogens is 350 g/mol. The molecule has 0 unspecified atom stereocenters. The largest absolute Gasteiger partial charge is 0.383 e. The minimum absolute atomic E-state index is 0.0567. The van der Waals surface area contributed by atoms with Gasteiger partial charge in [-0.05, 0) is 20.3 Å². The maximum Gasteiger partial charge on any atom is 0.330 e. The number of nitrogens with zero attached hydrogens (tertiary/aromatic N) is 4. The average Bonchev–Trinajstić information content (AvgIpc) is 2.80. The van der Waals surface area contributed by atoms with Crippen LogP contribution in [-0.4, -0.2) is 38.8 Å². The Morgan fingerprint density at radius 1 is 1.33 bits per heavy atom. The zero-order valence-electron chi connectivity index (χ0n) is 16.4. The predicted molar refractivity (Wildman–Crippen MR) is 105 cm³/mol. The molecule has 2 heterocycles. The molecule has 148 valence electrons. The SMILES string of the molecule is CCCCn1c(N)c(N(C)CC(=O)Nc2c(C)nn(C)c2C)c(=O)[nH]c1=O. The number of aryl methyl sites for hydroxylation is 2. The smallest absolute Gasteiger partial charge is 0.330 e. The van der Waals surface area contributed by atoms with E-state index < -0.39 is 11.2 Å². The molecule has 4 N–H and O–H groups in total. The van der Waals surface area contributed by atoms with Crippen LogP contribution in [0.15, 0.2) is 9.59 Å². The topological polar surface area (TPSA) is 131 Å². The Labute approximate surface area is 157 Å². The van der Waals surface area contributed by atoms with E-state index in [0.29, 0.717) is 17.9 Å². The minimum Gasteiger partial charge on any atom is -0.383 e. The van der Waals surface area contributed by atoms with Gasteiger partial charge < -0.3 is 16.0 Å². The minimum atomic E-state index is -0.616. The summed E-state index contributed by atoms with van der Waals surface area (Å²) in [6, 6.07) is 0. The Morgan fingerprint density at radius 3 is 2.56 bits per heavy atom. The molecule has 2 rings (SSSR count). The average molecular weight is 377 g/mol. The quantitative estimate of drug-likeness (QED) is 0.638. The number of likely N-dealkylation sites (N-methyl/N-ethyl adjacent to an activating group) is 1. The van der Waals surface area contributed by atoms with E-state index in [1.54, 1.807) is 25.7 Å². The molecule has 0 aliphatic carbocycles. The van der Waals surface area contributed by atoms with Crippen LogP contribution in [0.25, 0.3) is 0 Å². The van der Waals surface area contributed by atoms with Crippen LogP contribution < -0.4 is 27.2 Å². The molecule has 10 heteroatoms. The third-order valence-corrected chi connectivity index (χ3v) is 4.49. The van der Waals surface area contributed by atoms with Crippen molar-refractivity contribution in [3.63, 3.8) is 0 Å². The molecule has 2 aromatic heterocycles. The van der Waals surface area contributed by atoms with Gasteiger partial charge in [-0.3, -0.25) is 23.8 Å². The highest BCUT2D eigenvalue weighted by Gasteiger charge is 2.19. The fourth-order valence-corrected chi connectivity index (χ4v) is 2.91. The number of nitrogen functional groups attached to an aromatic ring is 1. The van der Waals surface area contributed by atoms with Crippen molar-refractivity contribution in [1.82, 2.24) is 19.3 Å². The number of hydrogen-bond donors (Lipinski definition) is 3. The first kappa shape index (κ1) is 20.3. The molecule has 0 atom stereocenters. The molecule has 0 spiro atoms. The number of hydrogen-bond acceptors (Lipinski definition) is 6. The first-order valence-electron chi connectivity index (χ1n) is 8.81. The Kier molecular flexibility index (Phi) is 6.09. The summed E-state index contributed by atoms with van der Waals surface area (Å²) in [4.78, 5) is 40.4. The van der Waals surface area contributed by atoms with E-state index in [1.165, 1.54) is 9.47 Å². The monoisotopic (exact) mass is 377 g/mol. The molecule has 27 heavy (non-hydrogen) atoms. The Hall–Kier alpha value is -3.04. The van der Waals surface area contributed by atoms with Crippen LogP contribution in [0.3, 0.4) is 0 Å². The number of amides is 1. The lowest BCUT2D eigenvalue weighted by Gasteiger charge is -2.21. The molecule has 0 fully saturated rings. The molecule has 2 aromatic rings. The van der Waals surface area contributed by atoms with Gasteiger partial charge in [0, 0.05) is 20.6 Å². The molecule has 1 amide bonds. The van der Waals surface area contributed by atoms with Gasteiger partial charge in [0.2, 0.25) is 5.91 Å². The number of H-pyrrole nitrogens is 1. The van der Waals surface area contributed by atoms with Crippen LogP contribution in [0.4, 0.5) is 17.2 Å². The fraction of sp³-hybridized carbons (Fsp3) is 0.529. The second-order valence-electron chi connectivity index (χ2n) is 6.57. The van der Waals surface area contributed by atoms with E-state index in [4.69, 9.17) is 5.73 Å². The van der Waals surface area contributed by atoms with E-state index >= 15 is 0 Å². The zero-order chi connectivity index (χ0) is 20.3. The van der Waals surface area contributed by atoms with Crippen molar-refractivity contribution in [1.29, 1.82) is 0 Å². The number of nitrogens with two attached hydrogens (primary N) is 1. The van der Waals surface area contributed by atoms with Gasteiger partial charge in [-0.2, -0.15) is 5.10 Å². The number of aromatic nitrogens is 4. The summed E-state index contributed by atoms with van der Waals surface area (Å²) in [6.07, 6.45) is 1.63. The molecular formula is C17H27N7O3. The van der Waals surface area contributed by atoms with Gasteiger partial charge in [0.25, 0.3) is 5.56 Å². The Balaban J connectivity index is 2.24. The van der Waals surface area contributed by atoms with Crippen molar-refractivity contribution in [3.05, 3.63) is 32.2 Å². The lowest BCUT2D eigenvalue weighted by atomic mass is 10.3. The standard InChI is InChI=1S/C17H27N7O3/c1-6-7-8-24-15(18)14(16(26)20-17(24)27)22(4)9-12(25)19-13-10(2)21-23(5)11(13)3/h6-9,18H2,1-5H3,(H,19,25)(H,20,26,27). The van der Waals surface area contributed by atoms with E-state index in [1.807, 2.05) is 13.8 Å². The lowest BCUT2D eigenvalue weighted by Crippen LogP contribution is -2.39. The second kappa shape index (κ2) is 8.11. The first-order chi connectivity index (χ1) is 12.7. The highest BCUT2D eigenvalue weighted by molar-refractivity contribution is 5.95. The molecule has 0 aliphatic rings. The summed E-state index contributed by atoms with van der Waals surface area (Å²) >= 11 is 0. The van der Waals surface area contributed by atoms with Crippen LogP contribution in [-0.2, 0) is 18.4 Å². The lowest BCUT2D eigenvalue weighted by molar-refractivity contribution is -0.114. The van der Waals surface area contributed by atoms with E-state index in [9.17, 15) is 14.4 Å².